The Morgan fingerprint density at radius 3 is 1.90 bits per heavy atom. The van der Waals surface area contributed by atoms with E-state index in [0.717, 1.165) is 45.6 Å². The standard InChI is InChI=1S/C55H57N5O8S/c1-4-19-66-20-17-53(62)58(18-9-13-43(61)14-10-21-69)40-24-36(33-67-50-29-46-44(22-35(50)2)54(63)59-41(31-56-46)26-38-11-5-7-15-48(38)59)23-37(25-40)34-68-52-30-47-45(28-51(52)65-3)55(64)60-42(32-57-47)27-39-12-6-8-16-49(39)60/h5-8,11-12,15-16,22-25,28-32,41-42,69H,4,9-10,13-14,17-21,26-27,33-34H2,1-3H3/t41-,42-/m0/s1. The lowest BCUT2D eigenvalue weighted by Gasteiger charge is -2.25. The van der Waals surface area contributed by atoms with E-state index in [-0.39, 0.29) is 61.8 Å². The van der Waals surface area contributed by atoms with Gasteiger partial charge in [-0.1, -0.05) is 43.3 Å². The Hall–Kier alpha value is -6.77. The number of thiol groups is 1. The van der Waals surface area contributed by atoms with E-state index in [1.54, 1.807) is 21.9 Å². The van der Waals surface area contributed by atoms with Crippen molar-refractivity contribution in [2.75, 3.05) is 47.3 Å². The van der Waals surface area contributed by atoms with Gasteiger partial charge in [0.15, 0.2) is 11.5 Å². The molecule has 356 valence electrons. The summed E-state index contributed by atoms with van der Waals surface area (Å²) in [4.78, 5) is 70.0. The number of aliphatic imine (C=N–C) groups is 2. The highest BCUT2D eigenvalue weighted by Crippen LogP contribution is 2.42. The number of rotatable bonds is 20. The number of para-hydroxylation sites is 2. The Bertz CT molecular complexity index is 2840. The van der Waals surface area contributed by atoms with Crippen LogP contribution >= 0.6 is 12.6 Å². The van der Waals surface area contributed by atoms with Gasteiger partial charge in [-0.15, -0.1) is 0 Å². The zero-order valence-electron chi connectivity index (χ0n) is 39.3. The van der Waals surface area contributed by atoms with Gasteiger partial charge in [-0.2, -0.15) is 12.6 Å². The van der Waals surface area contributed by atoms with Gasteiger partial charge in [-0.3, -0.25) is 39.0 Å². The first-order valence-corrected chi connectivity index (χ1v) is 24.4. The maximum atomic E-state index is 14.1. The summed E-state index contributed by atoms with van der Waals surface area (Å²) in [6, 6.07) is 28.4. The fourth-order valence-electron chi connectivity index (χ4n) is 9.55. The van der Waals surface area contributed by atoms with E-state index in [2.05, 4.69) is 18.7 Å². The number of benzene rings is 5. The number of carbonyl (C=O) groups is 4. The molecular weight excluding hydrogens is 891 g/mol. The molecule has 0 unspecified atom stereocenters. The highest BCUT2D eigenvalue weighted by molar-refractivity contribution is 7.80. The van der Waals surface area contributed by atoms with Gasteiger partial charge in [-0.05, 0) is 102 Å². The number of amides is 3. The number of hydrogen-bond acceptors (Lipinski definition) is 11. The molecule has 69 heavy (non-hydrogen) atoms. The number of fused-ring (bicyclic) bond motifs is 8. The van der Waals surface area contributed by atoms with Crippen molar-refractivity contribution >= 4 is 77.0 Å². The Labute approximate surface area is 408 Å². The second kappa shape index (κ2) is 21.3. The summed E-state index contributed by atoms with van der Waals surface area (Å²) in [6.45, 7) is 5.25. The molecule has 9 rings (SSSR count). The van der Waals surface area contributed by atoms with Crippen LogP contribution in [0.5, 0.6) is 17.2 Å². The van der Waals surface area contributed by atoms with Crippen LogP contribution in [0, 0.1) is 6.92 Å². The molecule has 0 saturated heterocycles. The fourth-order valence-corrected chi connectivity index (χ4v) is 9.71. The molecule has 5 aromatic rings. The van der Waals surface area contributed by atoms with E-state index < -0.39 is 0 Å². The second-order valence-electron chi connectivity index (χ2n) is 17.8. The zero-order valence-corrected chi connectivity index (χ0v) is 40.2. The molecule has 0 bridgehead atoms. The quantitative estimate of drug-likeness (QED) is 0.0601. The van der Waals surface area contributed by atoms with E-state index in [0.29, 0.717) is 103 Å². The van der Waals surface area contributed by atoms with E-state index >= 15 is 0 Å². The van der Waals surface area contributed by atoms with E-state index in [1.807, 2.05) is 104 Å². The second-order valence-corrected chi connectivity index (χ2v) is 18.3. The molecule has 5 aromatic carbocycles. The number of methoxy groups -OCH3 is 1. The van der Waals surface area contributed by atoms with Crippen molar-refractivity contribution in [1.82, 2.24) is 0 Å². The molecular formula is C55H57N5O8S. The average molecular weight is 948 g/mol. The number of hydrogen-bond donors (Lipinski definition) is 1. The third-order valence-electron chi connectivity index (χ3n) is 13.0. The summed E-state index contributed by atoms with van der Waals surface area (Å²) in [5.41, 5.74) is 8.81. The molecule has 14 heteroatoms. The molecule has 13 nitrogen and oxygen atoms in total. The third kappa shape index (κ3) is 10.2. The van der Waals surface area contributed by atoms with Gasteiger partial charge in [0.2, 0.25) is 5.91 Å². The van der Waals surface area contributed by atoms with Crippen molar-refractivity contribution in [2.45, 2.75) is 90.5 Å². The van der Waals surface area contributed by atoms with Crippen LogP contribution in [-0.2, 0) is 40.4 Å². The van der Waals surface area contributed by atoms with Crippen LogP contribution < -0.4 is 28.9 Å². The summed E-state index contributed by atoms with van der Waals surface area (Å²) in [7, 11) is 1.54. The van der Waals surface area contributed by atoms with Crippen LogP contribution in [-0.4, -0.2) is 80.6 Å². The highest BCUT2D eigenvalue weighted by atomic mass is 32.1. The van der Waals surface area contributed by atoms with Crippen LogP contribution in [0.2, 0.25) is 0 Å². The molecule has 0 N–H and O–H groups in total. The van der Waals surface area contributed by atoms with Crippen LogP contribution in [0.3, 0.4) is 0 Å². The zero-order chi connectivity index (χ0) is 48.0. The molecule has 2 atom stereocenters. The van der Waals surface area contributed by atoms with Gasteiger partial charge in [0.05, 0.1) is 54.7 Å². The molecule has 0 radical (unpaired) electrons. The summed E-state index contributed by atoms with van der Waals surface area (Å²) >= 11 is 4.27. The molecule has 0 saturated carbocycles. The van der Waals surface area contributed by atoms with Gasteiger partial charge >= 0.3 is 0 Å². The minimum Gasteiger partial charge on any atom is -0.493 e. The van der Waals surface area contributed by atoms with Gasteiger partial charge in [-0.25, -0.2) is 0 Å². The number of ketones is 1. The van der Waals surface area contributed by atoms with Crippen molar-refractivity contribution in [3.63, 3.8) is 0 Å². The maximum Gasteiger partial charge on any atom is 0.261 e. The predicted molar refractivity (Wildman–Crippen MR) is 272 cm³/mol. The number of aryl methyl sites for hydroxylation is 1. The van der Waals surface area contributed by atoms with Gasteiger partial charge in [0.1, 0.15) is 24.7 Å². The Morgan fingerprint density at radius 1 is 0.710 bits per heavy atom. The van der Waals surface area contributed by atoms with Gasteiger partial charge in [0, 0.05) is 80.5 Å². The smallest absolute Gasteiger partial charge is 0.261 e. The molecule has 0 aromatic heterocycles. The molecule has 0 fully saturated rings. The number of ether oxygens (including phenoxy) is 4. The minimum atomic E-state index is -0.211. The summed E-state index contributed by atoms with van der Waals surface area (Å²) in [6.07, 6.45) is 8.00. The summed E-state index contributed by atoms with van der Waals surface area (Å²) in [5, 5.41) is 0. The molecule has 4 aliphatic rings. The predicted octanol–water partition coefficient (Wildman–Crippen LogP) is 9.95. The number of anilines is 3. The largest absolute Gasteiger partial charge is 0.493 e. The number of nitrogens with zero attached hydrogens (tertiary/aromatic N) is 5. The molecule has 0 spiro atoms. The monoisotopic (exact) mass is 947 g/mol. The van der Waals surface area contributed by atoms with E-state index in [1.165, 1.54) is 7.11 Å². The number of Topliss-reactive ketones (excluding diaryl/α,β-unsaturated/α-hetero) is 1. The Morgan fingerprint density at radius 2 is 1.29 bits per heavy atom. The third-order valence-corrected chi connectivity index (χ3v) is 13.3. The molecule has 4 aliphatic heterocycles. The van der Waals surface area contributed by atoms with Crippen LogP contribution in [0.25, 0.3) is 0 Å². The van der Waals surface area contributed by atoms with Gasteiger partial charge in [0.25, 0.3) is 11.8 Å². The number of carbonyl (C=O) groups excluding carboxylic acids is 4. The van der Waals surface area contributed by atoms with Crippen molar-refractivity contribution in [3.05, 3.63) is 130 Å². The summed E-state index contributed by atoms with van der Waals surface area (Å²) in [5.74, 6) is 1.71. The lowest BCUT2D eigenvalue weighted by atomic mass is 10.1. The first-order valence-electron chi connectivity index (χ1n) is 23.8. The average Bonchev–Trinajstić information content (AvgIpc) is 3.85. The molecule has 4 heterocycles. The molecule has 3 amide bonds. The van der Waals surface area contributed by atoms with Crippen molar-refractivity contribution in [2.24, 2.45) is 9.98 Å². The fraction of sp³-hybridized carbons (Fsp3) is 0.345. The van der Waals surface area contributed by atoms with Crippen LogP contribution in [0.1, 0.15) is 94.0 Å². The Kier molecular flexibility index (Phi) is 14.6. The van der Waals surface area contributed by atoms with Crippen LogP contribution in [0.15, 0.2) is 101 Å². The van der Waals surface area contributed by atoms with Crippen molar-refractivity contribution < 1.29 is 38.1 Å². The van der Waals surface area contributed by atoms with E-state index in [4.69, 9.17) is 28.9 Å². The first-order chi connectivity index (χ1) is 33.6. The topological polar surface area (TPSA) is 140 Å². The highest BCUT2D eigenvalue weighted by Gasteiger charge is 2.38. The maximum absolute atomic E-state index is 14.1. The summed E-state index contributed by atoms with van der Waals surface area (Å²) < 4.78 is 24.6. The molecule has 0 aliphatic carbocycles. The normalized spacial score (nSPS) is 16.2. The van der Waals surface area contributed by atoms with Crippen LogP contribution in [0.4, 0.5) is 28.4 Å². The van der Waals surface area contributed by atoms with Crippen molar-refractivity contribution in [3.8, 4) is 17.2 Å². The van der Waals surface area contributed by atoms with Crippen molar-refractivity contribution in [1.29, 1.82) is 0 Å². The Balaban J connectivity index is 1.01. The minimum absolute atomic E-state index is 0.0646. The lowest BCUT2D eigenvalue weighted by Crippen LogP contribution is -2.37. The first kappa shape index (κ1) is 47.3. The van der Waals surface area contributed by atoms with Gasteiger partial charge < -0.3 is 23.8 Å². The van der Waals surface area contributed by atoms with E-state index in [9.17, 15) is 19.2 Å². The SMILES string of the molecule is CCCOCCC(=O)N(CCCC(=O)CCCS)c1cc(COc2cc3c(cc2C)C(=O)N2c4ccccc4C[C@H]2C=N3)cc(COc2cc3c(cc2OC)C(=O)N2c4ccccc4C[C@H]2C=N3)c1. The lowest BCUT2D eigenvalue weighted by molar-refractivity contribution is -0.121.